The molecule has 1 aliphatic heterocycles. The van der Waals surface area contributed by atoms with E-state index in [1.165, 1.54) is 23.2 Å². The van der Waals surface area contributed by atoms with Crippen LogP contribution in [0.15, 0.2) is 18.3 Å². The SMILES string of the molecule is O=C(O)C1CCN(C(=O)NCc2ccnc(OCC(F)(F)F)c2)C1. The smallest absolute Gasteiger partial charge is 0.422 e. The number of aliphatic carboxylic acids is 1. The Balaban J connectivity index is 1.84. The molecule has 0 aliphatic carbocycles. The van der Waals surface area contributed by atoms with Crippen LogP contribution in [0.4, 0.5) is 18.0 Å². The maximum absolute atomic E-state index is 12.1. The number of pyridine rings is 1. The van der Waals surface area contributed by atoms with Gasteiger partial charge in [-0.1, -0.05) is 0 Å². The second-order valence-electron chi connectivity index (χ2n) is 5.33. The summed E-state index contributed by atoms with van der Waals surface area (Å²) in [6.45, 7) is -0.894. The largest absolute Gasteiger partial charge is 0.481 e. The summed E-state index contributed by atoms with van der Waals surface area (Å²) in [6.07, 6.45) is -2.78. The van der Waals surface area contributed by atoms with Gasteiger partial charge in [-0.25, -0.2) is 9.78 Å². The highest BCUT2D eigenvalue weighted by atomic mass is 19.4. The molecule has 2 heterocycles. The minimum Gasteiger partial charge on any atom is -0.481 e. The van der Waals surface area contributed by atoms with Crippen molar-refractivity contribution >= 4 is 12.0 Å². The number of carbonyl (C=O) groups is 2. The van der Waals surface area contributed by atoms with E-state index in [2.05, 4.69) is 15.0 Å². The minimum absolute atomic E-state index is 0.0674. The molecule has 7 nitrogen and oxygen atoms in total. The Labute approximate surface area is 135 Å². The van der Waals surface area contributed by atoms with Crippen LogP contribution < -0.4 is 10.1 Å². The van der Waals surface area contributed by atoms with Crippen molar-refractivity contribution in [1.82, 2.24) is 15.2 Å². The molecule has 1 saturated heterocycles. The molecule has 24 heavy (non-hydrogen) atoms. The Kier molecular flexibility index (Phi) is 5.47. The predicted molar refractivity (Wildman–Crippen MR) is 75.3 cm³/mol. The van der Waals surface area contributed by atoms with Crippen LogP contribution in [0.25, 0.3) is 0 Å². The number of urea groups is 1. The van der Waals surface area contributed by atoms with Gasteiger partial charge in [-0.05, 0) is 18.1 Å². The Morgan fingerprint density at radius 1 is 1.46 bits per heavy atom. The summed E-state index contributed by atoms with van der Waals surface area (Å²) in [5.74, 6) is -1.70. The molecular formula is C14H16F3N3O4. The zero-order valence-electron chi connectivity index (χ0n) is 12.5. The van der Waals surface area contributed by atoms with Crippen LogP contribution in [0.1, 0.15) is 12.0 Å². The van der Waals surface area contributed by atoms with Crippen LogP contribution in [-0.2, 0) is 11.3 Å². The van der Waals surface area contributed by atoms with E-state index in [1.54, 1.807) is 0 Å². The zero-order chi connectivity index (χ0) is 17.7. The summed E-state index contributed by atoms with van der Waals surface area (Å²) in [7, 11) is 0. The number of rotatable bonds is 5. The number of hydrogen-bond acceptors (Lipinski definition) is 4. The first kappa shape index (κ1) is 17.8. The monoisotopic (exact) mass is 347 g/mol. The van der Waals surface area contributed by atoms with Crippen molar-refractivity contribution in [1.29, 1.82) is 0 Å². The van der Waals surface area contributed by atoms with Gasteiger partial charge in [-0.15, -0.1) is 0 Å². The molecule has 0 spiro atoms. The summed E-state index contributed by atoms with van der Waals surface area (Å²) in [4.78, 5) is 27.9. The van der Waals surface area contributed by atoms with Crippen molar-refractivity contribution < 1.29 is 32.6 Å². The van der Waals surface area contributed by atoms with Gasteiger partial charge in [-0.3, -0.25) is 4.79 Å². The van der Waals surface area contributed by atoms with Crippen LogP contribution in [-0.4, -0.2) is 52.9 Å². The highest BCUT2D eigenvalue weighted by molar-refractivity contribution is 5.77. The number of halogens is 3. The van der Waals surface area contributed by atoms with Crippen molar-refractivity contribution in [2.24, 2.45) is 5.92 Å². The number of nitrogens with zero attached hydrogens (tertiary/aromatic N) is 2. The third kappa shape index (κ3) is 5.28. The van der Waals surface area contributed by atoms with Gasteiger partial charge in [0.05, 0.1) is 5.92 Å². The van der Waals surface area contributed by atoms with Crippen LogP contribution in [0.5, 0.6) is 5.88 Å². The zero-order valence-corrected chi connectivity index (χ0v) is 12.5. The van der Waals surface area contributed by atoms with Crippen molar-refractivity contribution in [2.45, 2.75) is 19.1 Å². The van der Waals surface area contributed by atoms with Gasteiger partial charge in [0.15, 0.2) is 6.61 Å². The molecule has 0 aromatic carbocycles. The van der Waals surface area contributed by atoms with E-state index in [-0.39, 0.29) is 19.0 Å². The third-order valence-corrected chi connectivity index (χ3v) is 3.45. The van der Waals surface area contributed by atoms with E-state index in [9.17, 15) is 22.8 Å². The number of alkyl halides is 3. The van der Waals surface area contributed by atoms with E-state index in [1.807, 2.05) is 0 Å². The van der Waals surface area contributed by atoms with Crippen LogP contribution in [0, 0.1) is 5.92 Å². The maximum atomic E-state index is 12.1. The molecule has 132 valence electrons. The highest BCUT2D eigenvalue weighted by Crippen LogP contribution is 2.18. The van der Waals surface area contributed by atoms with E-state index in [0.29, 0.717) is 18.5 Å². The lowest BCUT2D eigenvalue weighted by Crippen LogP contribution is -2.38. The minimum atomic E-state index is -4.46. The second kappa shape index (κ2) is 7.37. The van der Waals surface area contributed by atoms with E-state index >= 15 is 0 Å². The van der Waals surface area contributed by atoms with Gasteiger partial charge in [0.25, 0.3) is 0 Å². The van der Waals surface area contributed by atoms with Gasteiger partial charge in [0.1, 0.15) is 0 Å². The molecule has 1 aliphatic rings. The Bertz CT molecular complexity index is 609. The third-order valence-electron chi connectivity index (χ3n) is 3.45. The lowest BCUT2D eigenvalue weighted by atomic mass is 10.1. The fourth-order valence-corrected chi connectivity index (χ4v) is 2.23. The summed E-state index contributed by atoms with van der Waals surface area (Å²) in [6, 6.07) is 2.41. The fourth-order valence-electron chi connectivity index (χ4n) is 2.23. The predicted octanol–water partition coefficient (Wildman–Crippen LogP) is 1.64. The number of nitrogens with one attached hydrogen (secondary N) is 1. The molecule has 0 saturated carbocycles. The number of amides is 2. The standard InChI is InChI=1S/C14H16F3N3O4/c15-14(16,17)8-24-11-5-9(1-3-18-11)6-19-13(23)20-4-2-10(7-20)12(21)22/h1,3,5,10H,2,4,6-8H2,(H,19,23)(H,21,22). The maximum Gasteiger partial charge on any atom is 0.422 e. The topological polar surface area (TPSA) is 91.8 Å². The number of aromatic nitrogens is 1. The second-order valence-corrected chi connectivity index (χ2v) is 5.33. The lowest BCUT2D eigenvalue weighted by Gasteiger charge is -2.17. The number of hydrogen-bond donors (Lipinski definition) is 2. The Hall–Kier alpha value is -2.52. The fraction of sp³-hybridized carbons (Fsp3) is 0.500. The van der Waals surface area contributed by atoms with E-state index in [0.717, 1.165) is 0 Å². The molecule has 2 N–H and O–H groups in total. The van der Waals surface area contributed by atoms with Crippen LogP contribution >= 0.6 is 0 Å². The molecule has 1 aromatic rings. The molecule has 1 unspecified atom stereocenters. The van der Waals surface area contributed by atoms with Crippen molar-refractivity contribution in [2.75, 3.05) is 19.7 Å². The highest BCUT2D eigenvalue weighted by Gasteiger charge is 2.31. The molecule has 10 heteroatoms. The molecule has 0 radical (unpaired) electrons. The summed E-state index contributed by atoms with van der Waals surface area (Å²) in [5.41, 5.74) is 0.518. The molecule has 0 bridgehead atoms. The number of carboxylic acids is 1. The van der Waals surface area contributed by atoms with Gasteiger partial charge >= 0.3 is 18.2 Å². The molecule has 2 rings (SSSR count). The Morgan fingerprint density at radius 3 is 2.83 bits per heavy atom. The summed E-state index contributed by atoms with van der Waals surface area (Å²) >= 11 is 0. The van der Waals surface area contributed by atoms with Crippen molar-refractivity contribution in [3.8, 4) is 5.88 Å². The van der Waals surface area contributed by atoms with Crippen LogP contribution in [0.3, 0.4) is 0 Å². The first-order valence-corrected chi connectivity index (χ1v) is 7.14. The lowest BCUT2D eigenvalue weighted by molar-refractivity contribution is -0.154. The number of ether oxygens (including phenoxy) is 1. The van der Waals surface area contributed by atoms with Crippen molar-refractivity contribution in [3.05, 3.63) is 23.9 Å². The number of carbonyl (C=O) groups excluding carboxylic acids is 1. The van der Waals surface area contributed by atoms with Gasteiger partial charge in [0.2, 0.25) is 5.88 Å². The number of likely N-dealkylation sites (tertiary alicyclic amines) is 1. The molecular weight excluding hydrogens is 331 g/mol. The van der Waals surface area contributed by atoms with E-state index in [4.69, 9.17) is 5.11 Å². The van der Waals surface area contributed by atoms with Gasteiger partial charge in [0, 0.05) is 31.9 Å². The normalized spacial score (nSPS) is 17.6. The first-order chi connectivity index (χ1) is 11.2. The quantitative estimate of drug-likeness (QED) is 0.845. The molecule has 1 atom stereocenters. The molecule has 2 amide bonds. The van der Waals surface area contributed by atoms with Gasteiger partial charge < -0.3 is 20.1 Å². The van der Waals surface area contributed by atoms with Gasteiger partial charge in [-0.2, -0.15) is 13.2 Å². The average molecular weight is 347 g/mol. The summed E-state index contributed by atoms with van der Waals surface area (Å²) < 4.78 is 40.8. The first-order valence-electron chi connectivity index (χ1n) is 7.14. The van der Waals surface area contributed by atoms with Crippen LogP contribution in [0.2, 0.25) is 0 Å². The van der Waals surface area contributed by atoms with E-state index < -0.39 is 30.7 Å². The molecule has 1 aromatic heterocycles. The average Bonchev–Trinajstić information content (AvgIpc) is 3.01. The Morgan fingerprint density at radius 2 is 2.21 bits per heavy atom. The summed E-state index contributed by atoms with van der Waals surface area (Å²) in [5, 5.41) is 11.5. The molecule has 1 fully saturated rings. The van der Waals surface area contributed by atoms with Crippen molar-refractivity contribution in [3.63, 3.8) is 0 Å². The number of carboxylic acid groups (broad SMARTS) is 1.